The van der Waals surface area contributed by atoms with E-state index in [0.29, 0.717) is 22.8 Å². The third kappa shape index (κ3) is 3.98. The molecule has 0 atom stereocenters. The number of imide groups is 2. The van der Waals surface area contributed by atoms with E-state index < -0.39 is 17.8 Å². The first-order valence-corrected chi connectivity index (χ1v) is 9.94. The van der Waals surface area contributed by atoms with Crippen LogP contribution in [0.25, 0.3) is 6.08 Å². The van der Waals surface area contributed by atoms with Crippen LogP contribution in [-0.4, -0.2) is 50.1 Å². The van der Waals surface area contributed by atoms with E-state index in [-0.39, 0.29) is 12.1 Å². The fourth-order valence-electron chi connectivity index (χ4n) is 3.77. The number of carbonyl (C=O) groups excluding carboxylic acids is 3. The maximum atomic E-state index is 13.0. The number of urea groups is 1. The minimum absolute atomic E-state index is 0.0867. The smallest absolute Gasteiger partial charge is 0.331 e. The Balaban J connectivity index is 1.70. The number of anilines is 1. The second-order valence-corrected chi connectivity index (χ2v) is 7.25. The van der Waals surface area contributed by atoms with Gasteiger partial charge >= 0.3 is 6.03 Å². The molecule has 3 heterocycles. The van der Waals surface area contributed by atoms with E-state index in [4.69, 9.17) is 13.9 Å². The lowest BCUT2D eigenvalue weighted by Gasteiger charge is -2.26. The first-order valence-electron chi connectivity index (χ1n) is 9.94. The van der Waals surface area contributed by atoms with Crippen LogP contribution in [-0.2, 0) is 16.1 Å². The normalized spacial score (nSPS) is 18.0. The maximum Gasteiger partial charge on any atom is 0.331 e. The molecule has 4 amide bonds. The van der Waals surface area contributed by atoms with E-state index in [0.717, 1.165) is 36.5 Å². The Kier molecular flexibility index (Phi) is 5.66. The molecule has 2 saturated heterocycles. The second-order valence-electron chi connectivity index (χ2n) is 7.25. The molecule has 162 valence electrons. The van der Waals surface area contributed by atoms with Crippen molar-refractivity contribution in [3.63, 3.8) is 0 Å². The van der Waals surface area contributed by atoms with E-state index >= 15 is 0 Å². The van der Waals surface area contributed by atoms with Gasteiger partial charge in [-0.1, -0.05) is 0 Å². The maximum absolute atomic E-state index is 13.0. The Morgan fingerprint density at radius 1 is 1.10 bits per heavy atom. The fraction of sp³-hybridized carbons (Fsp3) is 0.318. The Morgan fingerprint density at radius 3 is 2.48 bits per heavy atom. The molecule has 1 aromatic carbocycles. The van der Waals surface area contributed by atoms with Crippen LogP contribution >= 0.6 is 0 Å². The van der Waals surface area contributed by atoms with Crippen LogP contribution in [0.4, 0.5) is 10.5 Å². The molecule has 2 aliphatic rings. The predicted molar refractivity (Wildman–Crippen MR) is 112 cm³/mol. The molecule has 4 rings (SSSR count). The summed E-state index contributed by atoms with van der Waals surface area (Å²) in [6.45, 7) is 1.76. The lowest BCUT2D eigenvalue weighted by Crippen LogP contribution is -2.53. The summed E-state index contributed by atoms with van der Waals surface area (Å²) < 4.78 is 16.3. The Hall–Kier alpha value is -3.75. The van der Waals surface area contributed by atoms with Crippen molar-refractivity contribution < 1.29 is 28.3 Å². The number of furan rings is 1. The Bertz CT molecular complexity index is 1040. The Morgan fingerprint density at radius 2 is 1.84 bits per heavy atom. The molecule has 9 heteroatoms. The van der Waals surface area contributed by atoms with Gasteiger partial charge in [0.25, 0.3) is 11.8 Å². The monoisotopic (exact) mass is 425 g/mol. The molecule has 0 bridgehead atoms. The van der Waals surface area contributed by atoms with Crippen molar-refractivity contribution >= 4 is 29.6 Å². The highest BCUT2D eigenvalue weighted by molar-refractivity contribution is 6.31. The van der Waals surface area contributed by atoms with E-state index in [9.17, 15) is 14.4 Å². The molecule has 0 spiro atoms. The number of rotatable bonds is 6. The molecular formula is C22H23N3O6. The van der Waals surface area contributed by atoms with Gasteiger partial charge in [-0.2, -0.15) is 0 Å². The average Bonchev–Trinajstić information content (AvgIpc) is 3.48. The molecule has 0 radical (unpaired) electrons. The van der Waals surface area contributed by atoms with Gasteiger partial charge in [0.2, 0.25) is 0 Å². The second kappa shape index (κ2) is 8.55. The van der Waals surface area contributed by atoms with Crippen molar-refractivity contribution in [1.29, 1.82) is 0 Å². The number of hydrogen-bond acceptors (Lipinski definition) is 7. The van der Waals surface area contributed by atoms with Gasteiger partial charge in [-0.05, 0) is 37.1 Å². The number of methoxy groups -OCH3 is 2. The number of amides is 4. The lowest BCUT2D eigenvalue weighted by molar-refractivity contribution is -0.130. The molecule has 0 aliphatic carbocycles. The van der Waals surface area contributed by atoms with Crippen LogP contribution in [0.2, 0.25) is 0 Å². The lowest BCUT2D eigenvalue weighted by atomic mass is 10.0. The average molecular weight is 425 g/mol. The van der Waals surface area contributed by atoms with Crippen molar-refractivity contribution in [2.45, 2.75) is 19.4 Å². The van der Waals surface area contributed by atoms with Gasteiger partial charge in [0.15, 0.2) is 0 Å². The quantitative estimate of drug-likeness (QED) is 0.561. The van der Waals surface area contributed by atoms with Gasteiger partial charge < -0.3 is 18.8 Å². The summed E-state index contributed by atoms with van der Waals surface area (Å²) in [6, 6.07) is 6.08. The predicted octanol–water partition coefficient (Wildman–Crippen LogP) is 2.56. The molecule has 0 unspecified atom stereocenters. The number of nitrogens with zero attached hydrogens (tertiary/aromatic N) is 2. The number of barbiturate groups is 1. The molecule has 2 aromatic rings. The topological polar surface area (TPSA) is 101 Å². The van der Waals surface area contributed by atoms with Gasteiger partial charge in [0, 0.05) is 24.7 Å². The zero-order chi connectivity index (χ0) is 22.0. The van der Waals surface area contributed by atoms with Gasteiger partial charge in [-0.3, -0.25) is 19.8 Å². The minimum atomic E-state index is -0.794. The summed E-state index contributed by atoms with van der Waals surface area (Å²) in [5.74, 6) is 0.0450. The van der Waals surface area contributed by atoms with Crippen LogP contribution in [0.15, 0.2) is 40.5 Å². The fourth-order valence-corrected chi connectivity index (χ4v) is 3.77. The molecule has 9 nitrogen and oxygen atoms in total. The van der Waals surface area contributed by atoms with Gasteiger partial charge in [0.05, 0.1) is 32.7 Å². The summed E-state index contributed by atoms with van der Waals surface area (Å²) in [5, 5.41) is 2.20. The van der Waals surface area contributed by atoms with Crippen molar-refractivity contribution in [3.8, 4) is 11.5 Å². The van der Waals surface area contributed by atoms with Gasteiger partial charge in [-0.15, -0.1) is 0 Å². The highest BCUT2D eigenvalue weighted by Crippen LogP contribution is 2.38. The standard InChI is InChI=1S/C22H23N3O6/c1-29-18-12-17(24-7-3-4-8-24)19(30-2)11-14(18)10-16-20(26)23-22(28)25(21(16)27)13-15-6-5-9-31-15/h5-6,9-12H,3-4,7-8,13H2,1-2H3,(H,23,26,28)/b16-10+. The van der Waals surface area contributed by atoms with Crippen molar-refractivity contribution in [2.75, 3.05) is 32.2 Å². The Labute approximate surface area is 179 Å². The van der Waals surface area contributed by atoms with Crippen LogP contribution in [0.1, 0.15) is 24.2 Å². The largest absolute Gasteiger partial charge is 0.496 e. The van der Waals surface area contributed by atoms with E-state index in [2.05, 4.69) is 10.2 Å². The van der Waals surface area contributed by atoms with Crippen LogP contribution in [0.5, 0.6) is 11.5 Å². The van der Waals surface area contributed by atoms with Crippen molar-refractivity contribution in [1.82, 2.24) is 10.2 Å². The molecular weight excluding hydrogens is 402 g/mol. The highest BCUT2D eigenvalue weighted by Gasteiger charge is 2.36. The third-order valence-electron chi connectivity index (χ3n) is 5.36. The number of ether oxygens (including phenoxy) is 2. The number of nitrogens with one attached hydrogen (secondary N) is 1. The molecule has 1 N–H and O–H groups in total. The van der Waals surface area contributed by atoms with Gasteiger partial charge in [-0.25, -0.2) is 4.79 Å². The third-order valence-corrected chi connectivity index (χ3v) is 5.36. The van der Waals surface area contributed by atoms with E-state index in [1.165, 1.54) is 19.4 Å². The molecule has 2 aliphatic heterocycles. The molecule has 31 heavy (non-hydrogen) atoms. The van der Waals surface area contributed by atoms with Crippen LogP contribution in [0, 0.1) is 0 Å². The zero-order valence-corrected chi connectivity index (χ0v) is 17.3. The number of hydrogen-bond donors (Lipinski definition) is 1. The summed E-state index contributed by atoms with van der Waals surface area (Å²) in [6.07, 6.45) is 5.06. The first-order chi connectivity index (χ1) is 15.0. The van der Waals surface area contributed by atoms with E-state index in [1.54, 1.807) is 25.3 Å². The minimum Gasteiger partial charge on any atom is -0.496 e. The summed E-state index contributed by atoms with van der Waals surface area (Å²) in [7, 11) is 3.09. The van der Waals surface area contributed by atoms with Crippen LogP contribution < -0.4 is 19.7 Å². The van der Waals surface area contributed by atoms with E-state index in [1.807, 2.05) is 6.07 Å². The SMILES string of the molecule is COc1cc(N2CCCC2)c(OC)cc1/C=C1\C(=O)NC(=O)N(Cc2ccco2)C1=O. The number of benzene rings is 1. The van der Waals surface area contributed by atoms with Crippen LogP contribution in [0.3, 0.4) is 0 Å². The van der Waals surface area contributed by atoms with Gasteiger partial charge in [0.1, 0.15) is 22.8 Å². The first kappa shape index (κ1) is 20.5. The zero-order valence-electron chi connectivity index (χ0n) is 17.3. The molecule has 0 saturated carbocycles. The summed E-state index contributed by atoms with van der Waals surface area (Å²) in [4.78, 5) is 40.7. The molecule has 2 fully saturated rings. The molecule has 1 aromatic heterocycles. The van der Waals surface area contributed by atoms with Crippen molar-refractivity contribution in [2.24, 2.45) is 0 Å². The summed E-state index contributed by atoms with van der Waals surface area (Å²) in [5.41, 5.74) is 1.21. The number of carbonyl (C=O) groups is 3. The highest BCUT2D eigenvalue weighted by atomic mass is 16.5. The van der Waals surface area contributed by atoms with Crippen molar-refractivity contribution in [3.05, 3.63) is 47.4 Å². The summed E-state index contributed by atoms with van der Waals surface area (Å²) >= 11 is 0.